The first-order valence-electron chi connectivity index (χ1n) is 8.77. The third-order valence-electron chi connectivity index (χ3n) is 4.69. The van der Waals surface area contributed by atoms with E-state index in [9.17, 15) is 4.79 Å². The molecule has 134 valence electrons. The molecule has 2 heterocycles. The molecule has 1 atom stereocenters. The number of amides is 1. The lowest BCUT2D eigenvalue weighted by atomic mass is 10.1. The van der Waals surface area contributed by atoms with Crippen molar-refractivity contribution in [2.75, 3.05) is 32.7 Å². The Bertz CT molecular complexity index is 725. The number of likely N-dealkylation sites (N-methyl/N-ethyl adjacent to an activating group) is 1. The molecule has 0 bridgehead atoms. The minimum Gasteiger partial charge on any atom is -0.411 e. The number of aromatic nitrogens is 2. The third kappa shape index (κ3) is 4.22. The maximum Gasteiger partial charge on any atom is 0.277 e. The monoisotopic (exact) mass is 361 g/mol. The second-order valence-corrected chi connectivity index (χ2v) is 7.67. The number of rotatable bonds is 5. The first kappa shape index (κ1) is 17.9. The third-order valence-corrected chi connectivity index (χ3v) is 5.61. The lowest BCUT2D eigenvalue weighted by Crippen LogP contribution is -3.14. The molecule has 0 spiro atoms. The fraction of sp³-hybridized carbons (Fsp3) is 0.500. The SMILES string of the molecule is CC[NH+]1CCN(C(=O)[C@@H](C)Sc2nnc(-c3ccccc3C)o2)CC1. The van der Waals surface area contributed by atoms with E-state index in [4.69, 9.17) is 4.42 Å². The summed E-state index contributed by atoms with van der Waals surface area (Å²) in [7, 11) is 0. The van der Waals surface area contributed by atoms with E-state index in [1.165, 1.54) is 11.8 Å². The predicted octanol–water partition coefficient (Wildman–Crippen LogP) is 1.27. The van der Waals surface area contributed by atoms with E-state index < -0.39 is 0 Å². The summed E-state index contributed by atoms with van der Waals surface area (Å²) in [6.45, 7) is 10.9. The van der Waals surface area contributed by atoms with E-state index in [0.29, 0.717) is 11.1 Å². The van der Waals surface area contributed by atoms with Gasteiger partial charge in [0.1, 0.15) is 0 Å². The van der Waals surface area contributed by atoms with E-state index in [0.717, 1.165) is 43.9 Å². The molecule has 1 aliphatic rings. The van der Waals surface area contributed by atoms with Gasteiger partial charge in [-0.15, -0.1) is 10.2 Å². The van der Waals surface area contributed by atoms with Gasteiger partial charge >= 0.3 is 0 Å². The highest BCUT2D eigenvalue weighted by Gasteiger charge is 2.28. The normalized spacial score (nSPS) is 16.8. The highest BCUT2D eigenvalue weighted by Crippen LogP contribution is 2.28. The first-order valence-corrected chi connectivity index (χ1v) is 9.65. The van der Waals surface area contributed by atoms with Gasteiger partial charge in [-0.2, -0.15) is 0 Å². The maximum absolute atomic E-state index is 12.6. The topological polar surface area (TPSA) is 63.7 Å². The molecule has 1 amide bonds. The van der Waals surface area contributed by atoms with Crippen LogP contribution in [0.2, 0.25) is 0 Å². The molecule has 6 nitrogen and oxygen atoms in total. The molecule has 1 aliphatic heterocycles. The number of nitrogens with zero attached hydrogens (tertiary/aromatic N) is 3. The van der Waals surface area contributed by atoms with Gasteiger partial charge < -0.3 is 14.2 Å². The molecule has 1 aromatic heterocycles. The van der Waals surface area contributed by atoms with Gasteiger partial charge in [-0.1, -0.05) is 30.0 Å². The Morgan fingerprint density at radius 2 is 2.04 bits per heavy atom. The standard InChI is InChI=1S/C18H24N4O2S/c1-4-21-9-11-22(12-10-21)17(23)14(3)25-18-20-19-16(24-18)15-8-6-5-7-13(15)2/h5-8,14H,4,9-12H2,1-3H3/p+1/t14-/m1/s1. The Balaban J connectivity index is 1.61. The summed E-state index contributed by atoms with van der Waals surface area (Å²) in [5.41, 5.74) is 2.02. The van der Waals surface area contributed by atoms with Crippen LogP contribution in [0.25, 0.3) is 11.5 Å². The van der Waals surface area contributed by atoms with Crippen molar-refractivity contribution in [2.24, 2.45) is 0 Å². The van der Waals surface area contributed by atoms with Crippen LogP contribution in [0.1, 0.15) is 19.4 Å². The summed E-state index contributed by atoms with van der Waals surface area (Å²) in [4.78, 5) is 16.1. The zero-order valence-electron chi connectivity index (χ0n) is 15.0. The van der Waals surface area contributed by atoms with Crippen LogP contribution in [-0.2, 0) is 4.79 Å². The number of benzene rings is 1. The number of hydrogen-bond acceptors (Lipinski definition) is 5. The second kappa shape index (κ2) is 8.01. The summed E-state index contributed by atoms with van der Waals surface area (Å²) >= 11 is 1.33. The fourth-order valence-electron chi connectivity index (χ4n) is 3.03. The smallest absolute Gasteiger partial charge is 0.277 e. The molecule has 2 aromatic rings. The van der Waals surface area contributed by atoms with Crippen molar-refractivity contribution in [3.63, 3.8) is 0 Å². The molecule has 0 saturated carbocycles. The van der Waals surface area contributed by atoms with Crippen LogP contribution in [0, 0.1) is 6.92 Å². The Kier molecular flexibility index (Phi) is 5.75. The molecule has 25 heavy (non-hydrogen) atoms. The van der Waals surface area contributed by atoms with E-state index in [2.05, 4.69) is 17.1 Å². The number of piperazine rings is 1. The molecule has 0 unspecified atom stereocenters. The van der Waals surface area contributed by atoms with Crippen molar-refractivity contribution in [1.29, 1.82) is 0 Å². The van der Waals surface area contributed by atoms with Crippen LogP contribution in [0.4, 0.5) is 0 Å². The van der Waals surface area contributed by atoms with Crippen molar-refractivity contribution in [2.45, 2.75) is 31.2 Å². The number of hydrogen-bond donors (Lipinski definition) is 1. The Morgan fingerprint density at radius 1 is 1.32 bits per heavy atom. The number of nitrogens with one attached hydrogen (secondary N) is 1. The number of aryl methyl sites for hydroxylation is 1. The van der Waals surface area contributed by atoms with E-state index in [-0.39, 0.29) is 11.2 Å². The highest BCUT2D eigenvalue weighted by molar-refractivity contribution is 8.00. The number of thioether (sulfide) groups is 1. The maximum atomic E-state index is 12.6. The van der Waals surface area contributed by atoms with Gasteiger partial charge in [0.05, 0.1) is 38.0 Å². The van der Waals surface area contributed by atoms with Crippen molar-refractivity contribution in [1.82, 2.24) is 15.1 Å². The van der Waals surface area contributed by atoms with Gasteiger partial charge in [0.2, 0.25) is 11.8 Å². The molecule has 1 fully saturated rings. The zero-order valence-corrected chi connectivity index (χ0v) is 15.8. The summed E-state index contributed by atoms with van der Waals surface area (Å²) < 4.78 is 5.76. The highest BCUT2D eigenvalue weighted by atomic mass is 32.2. The number of carbonyl (C=O) groups is 1. The van der Waals surface area contributed by atoms with Crippen LogP contribution in [-0.4, -0.2) is 59.0 Å². The quantitative estimate of drug-likeness (QED) is 0.813. The molecule has 1 N–H and O–H groups in total. The van der Waals surface area contributed by atoms with Gasteiger partial charge in [-0.3, -0.25) is 4.79 Å². The van der Waals surface area contributed by atoms with Gasteiger partial charge in [-0.05, 0) is 32.4 Å². The van der Waals surface area contributed by atoms with Gasteiger partial charge in [0.25, 0.3) is 5.22 Å². The average molecular weight is 361 g/mol. The Morgan fingerprint density at radius 3 is 2.72 bits per heavy atom. The van der Waals surface area contributed by atoms with Gasteiger partial charge in [0, 0.05) is 5.56 Å². The summed E-state index contributed by atoms with van der Waals surface area (Å²) in [6.07, 6.45) is 0. The van der Waals surface area contributed by atoms with E-state index in [1.807, 2.05) is 43.0 Å². The average Bonchev–Trinajstić information content (AvgIpc) is 3.09. The molecule has 1 saturated heterocycles. The van der Waals surface area contributed by atoms with Crippen LogP contribution in [0.5, 0.6) is 0 Å². The first-order chi connectivity index (χ1) is 12.1. The van der Waals surface area contributed by atoms with E-state index >= 15 is 0 Å². The van der Waals surface area contributed by atoms with Crippen LogP contribution in [0.15, 0.2) is 33.9 Å². The molecule has 0 aliphatic carbocycles. The number of carbonyl (C=O) groups excluding carboxylic acids is 1. The molecule has 3 rings (SSSR count). The van der Waals surface area contributed by atoms with Crippen molar-refractivity contribution >= 4 is 17.7 Å². The molecular weight excluding hydrogens is 336 g/mol. The molecule has 1 aromatic carbocycles. The number of quaternary nitrogens is 1. The lowest BCUT2D eigenvalue weighted by Gasteiger charge is -2.32. The van der Waals surface area contributed by atoms with Crippen LogP contribution >= 0.6 is 11.8 Å². The molecule has 0 radical (unpaired) electrons. The largest absolute Gasteiger partial charge is 0.411 e. The summed E-state index contributed by atoms with van der Waals surface area (Å²) in [5, 5.41) is 8.44. The van der Waals surface area contributed by atoms with Crippen molar-refractivity contribution in [3.05, 3.63) is 29.8 Å². The summed E-state index contributed by atoms with van der Waals surface area (Å²) in [6, 6.07) is 7.90. The van der Waals surface area contributed by atoms with Crippen LogP contribution in [0.3, 0.4) is 0 Å². The molecular formula is C18H25N4O2S+. The Labute approximate surface area is 152 Å². The van der Waals surface area contributed by atoms with E-state index in [1.54, 1.807) is 4.90 Å². The fourth-order valence-corrected chi connectivity index (χ4v) is 3.80. The van der Waals surface area contributed by atoms with Gasteiger partial charge in [-0.25, -0.2) is 0 Å². The van der Waals surface area contributed by atoms with Gasteiger partial charge in [0.15, 0.2) is 0 Å². The summed E-state index contributed by atoms with van der Waals surface area (Å²) in [5.74, 6) is 0.649. The Hall–Kier alpha value is -1.86. The minimum absolute atomic E-state index is 0.149. The van der Waals surface area contributed by atoms with Crippen molar-refractivity contribution in [3.8, 4) is 11.5 Å². The second-order valence-electron chi connectivity index (χ2n) is 6.38. The predicted molar refractivity (Wildman–Crippen MR) is 97.6 cm³/mol. The van der Waals surface area contributed by atoms with Crippen LogP contribution < -0.4 is 4.90 Å². The molecule has 7 heteroatoms. The zero-order chi connectivity index (χ0) is 17.8. The lowest BCUT2D eigenvalue weighted by molar-refractivity contribution is -0.902. The van der Waals surface area contributed by atoms with Crippen molar-refractivity contribution < 1.29 is 14.1 Å². The minimum atomic E-state index is -0.228.